The average Bonchev–Trinajstić information content (AvgIpc) is 3.42. The first-order chi connectivity index (χ1) is 35.7. The lowest BCUT2D eigenvalue weighted by Crippen LogP contribution is -2.52. The van der Waals surface area contributed by atoms with Crippen molar-refractivity contribution in [2.45, 2.75) is 76.3 Å². The van der Waals surface area contributed by atoms with Gasteiger partial charge in [-0.2, -0.15) is 0 Å². The molecule has 0 bridgehead atoms. The van der Waals surface area contributed by atoms with Crippen LogP contribution >= 0.6 is 0 Å². The Hall–Kier alpha value is -6.52. The number of quaternary nitrogens is 2. The number of fused-ring (bicyclic) bond motifs is 2. The van der Waals surface area contributed by atoms with E-state index in [9.17, 15) is 9.59 Å². The Bertz CT molecular complexity index is 2340. The number of carbonyl (C=O) groups is 2. The molecule has 0 saturated carbocycles. The lowest BCUT2D eigenvalue weighted by Gasteiger charge is -2.46. The number of carbonyl (C=O) groups excluding carboxylic acids is 2. The van der Waals surface area contributed by atoms with Gasteiger partial charge < -0.3 is 65.8 Å². The fourth-order valence-electron chi connectivity index (χ4n) is 10.8. The first-order valence-electron chi connectivity index (χ1n) is 25.5. The second kappa shape index (κ2) is 26.6. The molecule has 2 aliphatic rings. The fourth-order valence-corrected chi connectivity index (χ4v) is 10.8. The number of methoxy groups -OCH3 is 10. The summed E-state index contributed by atoms with van der Waals surface area (Å²) in [5.74, 6) is 5.81. The molecule has 4 aromatic carbocycles. The van der Waals surface area contributed by atoms with Gasteiger partial charge in [-0.15, -0.1) is 0 Å². The van der Waals surface area contributed by atoms with E-state index in [2.05, 4.69) is 38.4 Å². The molecule has 0 aromatic heterocycles. The lowest BCUT2D eigenvalue weighted by atomic mass is 9.86. The first kappa shape index (κ1) is 56.8. The van der Waals surface area contributed by atoms with Crippen LogP contribution in [0.5, 0.6) is 57.5 Å². The van der Waals surface area contributed by atoms with Crippen molar-refractivity contribution in [3.8, 4) is 57.5 Å². The number of likely N-dealkylation sites (N-methyl/N-ethyl adjacent to an activating group) is 2. The quantitative estimate of drug-likeness (QED) is 0.0231. The predicted octanol–water partition coefficient (Wildman–Crippen LogP) is 9.03. The van der Waals surface area contributed by atoms with E-state index in [1.165, 1.54) is 22.3 Å². The molecule has 2 heterocycles. The Morgan fingerprint density at radius 3 is 1.09 bits per heavy atom. The Morgan fingerprint density at radius 1 is 0.459 bits per heavy atom. The van der Waals surface area contributed by atoms with Gasteiger partial charge in [0.25, 0.3) is 0 Å². The number of esters is 2. The van der Waals surface area contributed by atoms with Crippen molar-refractivity contribution in [2.75, 3.05) is 125 Å². The van der Waals surface area contributed by atoms with Crippen molar-refractivity contribution in [2.24, 2.45) is 0 Å². The van der Waals surface area contributed by atoms with Crippen molar-refractivity contribution in [3.05, 3.63) is 94.1 Å². The predicted molar refractivity (Wildman–Crippen MR) is 282 cm³/mol. The Labute approximate surface area is 438 Å². The van der Waals surface area contributed by atoms with E-state index >= 15 is 0 Å². The van der Waals surface area contributed by atoms with Crippen LogP contribution in [0.4, 0.5) is 0 Å². The van der Waals surface area contributed by atoms with Crippen LogP contribution in [0.3, 0.4) is 0 Å². The largest absolute Gasteiger partial charge is 0.493 e. The standard InChI is InChI=1S/C58H80N2O14/c1-59(25-21-41-35-47(63-3)49(65-5)37-43(41)45(59)29-39-31-51(67-7)57(71-11)52(32-39)68-8)23-17-27-73-55(61)19-15-13-14-16-20-56(62)74-28-18-24-60(2)26-22-42-36-48(64-4)50(66-6)38-44(42)46(60)30-40-33-53(69-9)58(72-12)54(34-40)70-10/h13-14,31-38,45-46H,15-30H2,1-12H3/q+2/t45-,46-,59?,60?/m1/s1. The molecule has 4 atom stereocenters. The minimum Gasteiger partial charge on any atom is -0.493 e. The zero-order valence-electron chi connectivity index (χ0n) is 45.9. The number of benzene rings is 4. The van der Waals surface area contributed by atoms with Gasteiger partial charge in [-0.05, 0) is 83.6 Å². The third-order valence-electron chi connectivity index (χ3n) is 15.0. The van der Waals surface area contributed by atoms with Gasteiger partial charge in [0, 0.05) is 62.5 Å². The fraction of sp³-hybridized carbons (Fsp3) is 0.517. The van der Waals surface area contributed by atoms with Gasteiger partial charge >= 0.3 is 11.9 Å². The van der Waals surface area contributed by atoms with E-state index in [1.54, 1.807) is 71.1 Å². The van der Waals surface area contributed by atoms with Crippen molar-refractivity contribution in [1.82, 2.24) is 0 Å². The van der Waals surface area contributed by atoms with Crippen LogP contribution in [0.1, 0.15) is 84.0 Å². The highest BCUT2D eigenvalue weighted by Crippen LogP contribution is 2.47. The summed E-state index contributed by atoms with van der Waals surface area (Å²) in [6, 6.07) is 16.5. The molecule has 404 valence electrons. The number of ether oxygens (including phenoxy) is 12. The molecule has 2 unspecified atom stereocenters. The minimum atomic E-state index is -0.246. The summed E-state index contributed by atoms with van der Waals surface area (Å²) in [6.07, 6.45) is 9.94. The van der Waals surface area contributed by atoms with E-state index in [-0.39, 0.29) is 36.9 Å². The maximum absolute atomic E-state index is 12.9. The SMILES string of the molecule is COc1cc2c(cc1OC)[C@@H](Cc1cc(OC)c(OC)c(OC)c1)[N+](C)(CCCOC(=O)CCC=CCCC(=O)OCCC[N+]1(C)CCc3cc(OC)c(OC)cc3[C@H]1Cc1cc(OC)c(OC)c(OC)c1)CC2. The number of nitrogens with zero attached hydrogens (tertiary/aromatic N) is 2. The van der Waals surface area contributed by atoms with Crippen LogP contribution in [-0.4, -0.2) is 145 Å². The Balaban J connectivity index is 0.967. The first-order valence-corrected chi connectivity index (χ1v) is 25.5. The average molecular weight is 1030 g/mol. The van der Waals surface area contributed by atoms with Crippen molar-refractivity contribution in [3.63, 3.8) is 0 Å². The molecular weight excluding hydrogens is 949 g/mol. The highest BCUT2D eigenvalue weighted by Gasteiger charge is 2.42. The monoisotopic (exact) mass is 1030 g/mol. The highest BCUT2D eigenvalue weighted by atomic mass is 16.6. The van der Waals surface area contributed by atoms with Gasteiger partial charge in [-0.1, -0.05) is 12.2 Å². The normalized spacial score (nSPS) is 18.9. The number of allylic oxidation sites excluding steroid dienone is 2. The van der Waals surface area contributed by atoms with Crippen molar-refractivity contribution >= 4 is 11.9 Å². The Morgan fingerprint density at radius 2 is 0.784 bits per heavy atom. The van der Waals surface area contributed by atoms with Gasteiger partial charge in [0.2, 0.25) is 11.5 Å². The van der Waals surface area contributed by atoms with E-state index < -0.39 is 0 Å². The lowest BCUT2D eigenvalue weighted by molar-refractivity contribution is -0.941. The van der Waals surface area contributed by atoms with Crippen LogP contribution in [0.15, 0.2) is 60.7 Å². The number of hydrogen-bond acceptors (Lipinski definition) is 14. The van der Waals surface area contributed by atoms with Crippen molar-refractivity contribution < 1.29 is 75.4 Å². The summed E-state index contributed by atoms with van der Waals surface area (Å²) in [5, 5.41) is 0. The summed E-state index contributed by atoms with van der Waals surface area (Å²) in [5.41, 5.74) is 6.93. The summed E-state index contributed by atoms with van der Waals surface area (Å²) >= 11 is 0. The number of rotatable bonds is 28. The second-order valence-electron chi connectivity index (χ2n) is 19.4. The third kappa shape index (κ3) is 13.4. The molecule has 0 aliphatic carbocycles. The van der Waals surface area contributed by atoms with Crippen LogP contribution in [0, 0.1) is 0 Å². The topological polar surface area (TPSA) is 145 Å². The maximum Gasteiger partial charge on any atom is 0.306 e. The van der Waals surface area contributed by atoms with Gasteiger partial charge in [0.15, 0.2) is 46.0 Å². The highest BCUT2D eigenvalue weighted by molar-refractivity contribution is 5.70. The molecule has 4 aromatic rings. The van der Waals surface area contributed by atoms with Crippen LogP contribution in [0.25, 0.3) is 0 Å². The van der Waals surface area contributed by atoms with Gasteiger partial charge in [-0.25, -0.2) is 0 Å². The molecule has 16 heteroatoms. The van der Waals surface area contributed by atoms with E-state index in [0.717, 1.165) is 59.1 Å². The molecule has 6 rings (SSSR count). The molecule has 0 radical (unpaired) electrons. The van der Waals surface area contributed by atoms with Gasteiger partial charge in [0.05, 0.1) is 125 Å². The molecule has 0 fully saturated rings. The molecule has 0 amide bonds. The summed E-state index contributed by atoms with van der Waals surface area (Å²) in [6.45, 7) is 4.02. The summed E-state index contributed by atoms with van der Waals surface area (Å²) in [4.78, 5) is 25.7. The van der Waals surface area contributed by atoms with Crippen molar-refractivity contribution in [1.29, 1.82) is 0 Å². The molecule has 16 nitrogen and oxygen atoms in total. The molecular formula is C58H80N2O14+2. The Kier molecular flexibility index (Phi) is 20.4. The molecule has 0 N–H and O–H groups in total. The van der Waals surface area contributed by atoms with Gasteiger partial charge in [0.1, 0.15) is 12.1 Å². The zero-order chi connectivity index (χ0) is 53.4. The van der Waals surface area contributed by atoms with E-state index in [0.29, 0.717) is 109 Å². The van der Waals surface area contributed by atoms with Gasteiger partial charge in [-0.3, -0.25) is 9.59 Å². The zero-order valence-corrected chi connectivity index (χ0v) is 45.9. The molecule has 2 aliphatic heterocycles. The van der Waals surface area contributed by atoms with Crippen LogP contribution in [-0.2, 0) is 44.7 Å². The third-order valence-corrected chi connectivity index (χ3v) is 15.0. The maximum atomic E-state index is 12.9. The summed E-state index contributed by atoms with van der Waals surface area (Å²) in [7, 11) is 20.9. The second-order valence-corrected chi connectivity index (χ2v) is 19.4. The molecule has 0 spiro atoms. The smallest absolute Gasteiger partial charge is 0.306 e. The molecule has 0 saturated heterocycles. The molecule has 74 heavy (non-hydrogen) atoms. The minimum absolute atomic E-state index is 0.0551. The van der Waals surface area contributed by atoms with E-state index in [1.807, 2.05) is 36.4 Å². The number of hydrogen-bond donors (Lipinski definition) is 0. The summed E-state index contributed by atoms with van der Waals surface area (Å²) < 4.78 is 69.8. The van der Waals surface area contributed by atoms with E-state index in [4.69, 9.17) is 56.8 Å². The van der Waals surface area contributed by atoms with Crippen LogP contribution < -0.4 is 47.4 Å². The van der Waals surface area contributed by atoms with Crippen LogP contribution in [0.2, 0.25) is 0 Å².